The standard InChI is InChI=1S/C59H108O6/c1-4-7-10-13-16-19-22-25-27-29-31-32-34-37-40-43-46-49-52-58(61)64-55-56(54-63-57(60)51-48-45-42-39-36-24-21-18-15-12-9-6-3)65-59(62)53-50-47-44-41-38-35-33-30-28-26-23-20-17-14-11-8-5-2/h22,25,27,29,31-32,56H,4-21,23-24,26,28,30,33-55H2,1-3H3/b25-22-,29-27-,32-31-. The number of hydrogen-bond donors (Lipinski definition) is 0. The maximum absolute atomic E-state index is 12.8. The molecule has 0 heterocycles. The molecular weight excluding hydrogens is 805 g/mol. The highest BCUT2D eigenvalue weighted by atomic mass is 16.6. The minimum Gasteiger partial charge on any atom is -0.462 e. The third kappa shape index (κ3) is 52.5. The van der Waals surface area contributed by atoms with E-state index in [1.54, 1.807) is 0 Å². The summed E-state index contributed by atoms with van der Waals surface area (Å²) in [4.78, 5) is 38.1. The summed E-state index contributed by atoms with van der Waals surface area (Å²) < 4.78 is 16.8. The fourth-order valence-corrected chi connectivity index (χ4v) is 8.39. The first kappa shape index (κ1) is 62.6. The summed E-state index contributed by atoms with van der Waals surface area (Å²) in [7, 11) is 0. The fourth-order valence-electron chi connectivity index (χ4n) is 8.39. The molecule has 0 rings (SSSR count). The van der Waals surface area contributed by atoms with Crippen molar-refractivity contribution in [2.75, 3.05) is 13.2 Å². The number of carbonyl (C=O) groups is 3. The van der Waals surface area contributed by atoms with Gasteiger partial charge in [0.15, 0.2) is 6.10 Å². The number of hydrogen-bond acceptors (Lipinski definition) is 6. The van der Waals surface area contributed by atoms with E-state index in [1.165, 1.54) is 186 Å². The molecule has 6 nitrogen and oxygen atoms in total. The van der Waals surface area contributed by atoms with Gasteiger partial charge in [-0.2, -0.15) is 0 Å². The lowest BCUT2D eigenvalue weighted by Crippen LogP contribution is -2.30. The van der Waals surface area contributed by atoms with Crippen LogP contribution >= 0.6 is 0 Å². The molecule has 0 spiro atoms. The topological polar surface area (TPSA) is 78.9 Å². The molecule has 0 radical (unpaired) electrons. The number of carbonyl (C=O) groups excluding carboxylic acids is 3. The van der Waals surface area contributed by atoms with Crippen LogP contribution in [0.4, 0.5) is 0 Å². The van der Waals surface area contributed by atoms with Crippen LogP contribution in [-0.4, -0.2) is 37.2 Å². The molecule has 0 aliphatic heterocycles. The van der Waals surface area contributed by atoms with Crippen molar-refractivity contribution in [1.82, 2.24) is 0 Å². The van der Waals surface area contributed by atoms with Crippen molar-refractivity contribution in [3.8, 4) is 0 Å². The van der Waals surface area contributed by atoms with Crippen molar-refractivity contribution in [1.29, 1.82) is 0 Å². The van der Waals surface area contributed by atoms with Crippen molar-refractivity contribution in [3.05, 3.63) is 36.5 Å². The van der Waals surface area contributed by atoms with Gasteiger partial charge in [-0.1, -0.05) is 276 Å². The van der Waals surface area contributed by atoms with Gasteiger partial charge < -0.3 is 14.2 Å². The van der Waals surface area contributed by atoms with Crippen molar-refractivity contribution in [2.24, 2.45) is 0 Å². The van der Waals surface area contributed by atoms with E-state index < -0.39 is 6.10 Å². The molecule has 0 bridgehead atoms. The first-order valence-electron chi connectivity index (χ1n) is 28.5. The highest BCUT2D eigenvalue weighted by molar-refractivity contribution is 5.71. The van der Waals surface area contributed by atoms with Crippen LogP contribution in [0, 0.1) is 0 Å². The molecule has 0 aromatic rings. The molecule has 1 atom stereocenters. The van der Waals surface area contributed by atoms with Crippen LogP contribution in [0.1, 0.15) is 303 Å². The highest BCUT2D eigenvalue weighted by Gasteiger charge is 2.19. The molecule has 65 heavy (non-hydrogen) atoms. The van der Waals surface area contributed by atoms with Crippen LogP contribution in [0.3, 0.4) is 0 Å². The Kier molecular flexibility index (Phi) is 52.3. The van der Waals surface area contributed by atoms with Gasteiger partial charge in [0.1, 0.15) is 13.2 Å². The normalized spacial score (nSPS) is 12.2. The van der Waals surface area contributed by atoms with Crippen molar-refractivity contribution in [2.45, 2.75) is 309 Å². The second-order valence-electron chi connectivity index (χ2n) is 19.3. The Balaban J connectivity index is 4.36. The van der Waals surface area contributed by atoms with E-state index in [4.69, 9.17) is 14.2 Å². The molecule has 0 aromatic heterocycles. The van der Waals surface area contributed by atoms with E-state index in [0.29, 0.717) is 19.3 Å². The van der Waals surface area contributed by atoms with Crippen LogP contribution in [0.25, 0.3) is 0 Å². The summed E-state index contributed by atoms with van der Waals surface area (Å²) >= 11 is 0. The number of allylic oxidation sites excluding steroid dienone is 6. The third-order valence-corrected chi connectivity index (χ3v) is 12.7. The van der Waals surface area contributed by atoms with Gasteiger partial charge in [0, 0.05) is 19.3 Å². The van der Waals surface area contributed by atoms with E-state index in [9.17, 15) is 14.4 Å². The van der Waals surface area contributed by atoms with E-state index >= 15 is 0 Å². The highest BCUT2D eigenvalue weighted by Crippen LogP contribution is 2.17. The summed E-state index contributed by atoms with van der Waals surface area (Å²) in [6, 6.07) is 0. The molecule has 6 heteroatoms. The Hall–Kier alpha value is -2.37. The Morgan fingerprint density at radius 3 is 0.846 bits per heavy atom. The molecular formula is C59H108O6. The zero-order valence-corrected chi connectivity index (χ0v) is 43.5. The van der Waals surface area contributed by atoms with Crippen molar-refractivity contribution in [3.63, 3.8) is 0 Å². The molecule has 1 unspecified atom stereocenters. The monoisotopic (exact) mass is 913 g/mol. The molecule has 0 amide bonds. The molecule has 0 N–H and O–H groups in total. The minimum absolute atomic E-state index is 0.0741. The van der Waals surface area contributed by atoms with Gasteiger partial charge in [-0.3, -0.25) is 14.4 Å². The predicted octanol–water partition coefficient (Wildman–Crippen LogP) is 18.9. The number of unbranched alkanes of at least 4 members (excludes halogenated alkanes) is 37. The van der Waals surface area contributed by atoms with E-state index in [0.717, 1.165) is 77.0 Å². The molecule has 0 aromatic carbocycles. The molecule has 0 fully saturated rings. The van der Waals surface area contributed by atoms with E-state index in [-0.39, 0.29) is 31.1 Å². The zero-order valence-electron chi connectivity index (χ0n) is 43.5. The first-order valence-corrected chi connectivity index (χ1v) is 28.5. The molecule has 0 saturated heterocycles. The summed E-state index contributed by atoms with van der Waals surface area (Å²) in [6.45, 7) is 6.64. The molecule has 0 aliphatic rings. The van der Waals surface area contributed by atoms with Gasteiger partial charge in [0.05, 0.1) is 0 Å². The lowest BCUT2D eigenvalue weighted by Gasteiger charge is -2.18. The quantitative estimate of drug-likeness (QED) is 0.0262. The Morgan fingerprint density at radius 2 is 0.554 bits per heavy atom. The fraction of sp³-hybridized carbons (Fsp3) is 0.847. The van der Waals surface area contributed by atoms with Gasteiger partial charge in [0.25, 0.3) is 0 Å². The Labute approximate surface area is 404 Å². The number of rotatable bonds is 52. The van der Waals surface area contributed by atoms with Crippen LogP contribution in [0.5, 0.6) is 0 Å². The smallest absolute Gasteiger partial charge is 0.306 e. The van der Waals surface area contributed by atoms with Crippen LogP contribution in [-0.2, 0) is 28.6 Å². The second kappa shape index (κ2) is 54.2. The SMILES string of the molecule is CCCCCCC\C=C/C=C\C=C/CCCCCCCC(=O)OCC(COC(=O)CCCCCCCCCCCCCC)OC(=O)CCCCCCCCCCCCCCCCCCC. The van der Waals surface area contributed by atoms with Crippen LogP contribution in [0.15, 0.2) is 36.5 Å². The second-order valence-corrected chi connectivity index (χ2v) is 19.3. The van der Waals surface area contributed by atoms with Gasteiger partial charge in [-0.15, -0.1) is 0 Å². The molecule has 0 aliphatic carbocycles. The maximum Gasteiger partial charge on any atom is 0.306 e. The third-order valence-electron chi connectivity index (χ3n) is 12.7. The van der Waals surface area contributed by atoms with E-state index in [1.807, 2.05) is 0 Å². The number of ether oxygens (including phenoxy) is 3. The maximum atomic E-state index is 12.8. The molecule has 0 saturated carbocycles. The van der Waals surface area contributed by atoms with Crippen LogP contribution in [0.2, 0.25) is 0 Å². The van der Waals surface area contributed by atoms with E-state index in [2.05, 4.69) is 57.2 Å². The predicted molar refractivity (Wildman–Crippen MR) is 279 cm³/mol. The zero-order chi connectivity index (χ0) is 47.2. The lowest BCUT2D eigenvalue weighted by molar-refractivity contribution is -0.167. The van der Waals surface area contributed by atoms with Crippen molar-refractivity contribution >= 4 is 17.9 Å². The largest absolute Gasteiger partial charge is 0.462 e. The van der Waals surface area contributed by atoms with Crippen molar-refractivity contribution < 1.29 is 28.6 Å². The van der Waals surface area contributed by atoms with Gasteiger partial charge >= 0.3 is 17.9 Å². The Bertz CT molecular complexity index is 1090. The summed E-state index contributed by atoms with van der Waals surface area (Å²) in [5, 5.41) is 0. The first-order chi connectivity index (χ1) is 32.0. The summed E-state index contributed by atoms with van der Waals surface area (Å²) in [5.41, 5.74) is 0. The van der Waals surface area contributed by atoms with Gasteiger partial charge in [-0.25, -0.2) is 0 Å². The van der Waals surface area contributed by atoms with Gasteiger partial charge in [0.2, 0.25) is 0 Å². The Morgan fingerprint density at radius 1 is 0.308 bits per heavy atom. The van der Waals surface area contributed by atoms with Gasteiger partial charge in [-0.05, 0) is 44.9 Å². The number of esters is 3. The lowest BCUT2D eigenvalue weighted by atomic mass is 10.0. The average molecular weight is 914 g/mol. The van der Waals surface area contributed by atoms with Crippen LogP contribution < -0.4 is 0 Å². The minimum atomic E-state index is -0.776. The summed E-state index contributed by atoms with van der Waals surface area (Å²) in [6.07, 6.45) is 64.1. The summed E-state index contributed by atoms with van der Waals surface area (Å²) in [5.74, 6) is -0.877. The molecule has 380 valence electrons. The average Bonchev–Trinajstić information content (AvgIpc) is 3.30.